The zero-order chi connectivity index (χ0) is 22.6. The zero-order valence-electron chi connectivity index (χ0n) is 19.4. The fourth-order valence-electron chi connectivity index (χ4n) is 5.90. The lowest BCUT2D eigenvalue weighted by Gasteiger charge is -2.38. The first-order valence-electron chi connectivity index (χ1n) is 11.9. The molecule has 32 heavy (non-hydrogen) atoms. The molecule has 176 valence electrons. The number of methoxy groups -OCH3 is 2. The predicted molar refractivity (Wildman–Crippen MR) is 121 cm³/mol. The molecule has 1 atom stereocenters. The van der Waals surface area contributed by atoms with Gasteiger partial charge in [-0.1, -0.05) is 25.3 Å². The second-order valence-electron chi connectivity index (χ2n) is 9.38. The number of morpholine rings is 1. The highest BCUT2D eigenvalue weighted by Gasteiger charge is 2.48. The van der Waals surface area contributed by atoms with Crippen LogP contribution in [0.15, 0.2) is 18.2 Å². The van der Waals surface area contributed by atoms with E-state index in [0.717, 1.165) is 25.8 Å². The van der Waals surface area contributed by atoms with E-state index >= 15 is 0 Å². The lowest BCUT2D eigenvalue weighted by Crippen LogP contribution is -2.41. The molecule has 1 aliphatic carbocycles. The minimum atomic E-state index is -0.00676. The molecule has 2 amide bonds. The topological polar surface area (TPSA) is 68.3 Å². The SMILES string of the molecule is COc1cccc(C(=O)N2CC(CCC(=O)N3CCOCC3)C3(CCCCC3)C2)c1OC. The van der Waals surface area contributed by atoms with E-state index in [4.69, 9.17) is 14.2 Å². The Kier molecular flexibility index (Phi) is 7.23. The highest BCUT2D eigenvalue weighted by atomic mass is 16.5. The second kappa shape index (κ2) is 10.1. The van der Waals surface area contributed by atoms with E-state index in [9.17, 15) is 9.59 Å². The first-order chi connectivity index (χ1) is 15.6. The summed E-state index contributed by atoms with van der Waals surface area (Å²) in [6.07, 6.45) is 7.35. The summed E-state index contributed by atoms with van der Waals surface area (Å²) in [7, 11) is 3.15. The van der Waals surface area contributed by atoms with Gasteiger partial charge in [-0.2, -0.15) is 0 Å². The van der Waals surface area contributed by atoms with Crippen molar-refractivity contribution >= 4 is 11.8 Å². The van der Waals surface area contributed by atoms with Crippen molar-refractivity contribution in [2.45, 2.75) is 44.9 Å². The summed E-state index contributed by atoms with van der Waals surface area (Å²) < 4.78 is 16.3. The summed E-state index contributed by atoms with van der Waals surface area (Å²) in [5.74, 6) is 1.63. The lowest BCUT2D eigenvalue weighted by atomic mass is 9.66. The number of amides is 2. The number of likely N-dealkylation sites (tertiary alicyclic amines) is 1. The van der Waals surface area contributed by atoms with Crippen molar-refractivity contribution in [3.8, 4) is 11.5 Å². The molecule has 1 aromatic rings. The van der Waals surface area contributed by atoms with Gasteiger partial charge in [0.2, 0.25) is 5.91 Å². The minimum absolute atomic E-state index is 0.00676. The highest BCUT2D eigenvalue weighted by molar-refractivity contribution is 5.98. The average molecular weight is 445 g/mol. The number of carbonyl (C=O) groups is 2. The van der Waals surface area contributed by atoms with Crippen molar-refractivity contribution in [2.75, 3.05) is 53.6 Å². The van der Waals surface area contributed by atoms with Crippen LogP contribution in [0.4, 0.5) is 0 Å². The molecule has 2 saturated heterocycles. The smallest absolute Gasteiger partial charge is 0.257 e. The minimum Gasteiger partial charge on any atom is -0.493 e. The Morgan fingerprint density at radius 2 is 1.81 bits per heavy atom. The molecule has 7 heteroatoms. The summed E-state index contributed by atoms with van der Waals surface area (Å²) in [4.78, 5) is 30.2. The molecule has 1 aromatic carbocycles. The van der Waals surface area contributed by atoms with Gasteiger partial charge in [0.1, 0.15) is 0 Å². The molecule has 1 spiro atoms. The molecule has 0 radical (unpaired) electrons. The van der Waals surface area contributed by atoms with Gasteiger partial charge in [0.05, 0.1) is 33.0 Å². The number of benzene rings is 1. The van der Waals surface area contributed by atoms with Crippen LogP contribution in [0.5, 0.6) is 11.5 Å². The summed E-state index contributed by atoms with van der Waals surface area (Å²) in [5, 5.41) is 0. The molecule has 2 aliphatic heterocycles. The zero-order valence-corrected chi connectivity index (χ0v) is 19.4. The first-order valence-corrected chi connectivity index (χ1v) is 11.9. The molecular formula is C25H36N2O5. The van der Waals surface area contributed by atoms with Gasteiger partial charge in [-0.25, -0.2) is 0 Å². The van der Waals surface area contributed by atoms with Crippen LogP contribution in [0.2, 0.25) is 0 Å². The largest absolute Gasteiger partial charge is 0.493 e. The maximum absolute atomic E-state index is 13.6. The summed E-state index contributed by atoms with van der Waals surface area (Å²) in [5.41, 5.74) is 0.675. The van der Waals surface area contributed by atoms with Crippen molar-refractivity contribution in [3.63, 3.8) is 0 Å². The monoisotopic (exact) mass is 444 g/mol. The molecule has 0 N–H and O–H groups in total. The van der Waals surface area contributed by atoms with Gasteiger partial charge in [-0.05, 0) is 42.7 Å². The number of ether oxygens (including phenoxy) is 3. The molecule has 0 aromatic heterocycles. The van der Waals surface area contributed by atoms with E-state index in [2.05, 4.69) is 0 Å². The van der Waals surface area contributed by atoms with Crippen LogP contribution in [-0.4, -0.2) is 75.2 Å². The van der Waals surface area contributed by atoms with Crippen molar-refractivity contribution in [1.29, 1.82) is 0 Å². The molecule has 4 rings (SSSR count). The van der Waals surface area contributed by atoms with Crippen LogP contribution in [0.3, 0.4) is 0 Å². The van der Waals surface area contributed by atoms with Gasteiger partial charge in [-0.3, -0.25) is 9.59 Å². The standard InChI is InChI=1S/C25H36N2O5/c1-30-21-8-6-7-20(23(21)31-2)24(29)27-17-19(25(18-27)11-4-3-5-12-25)9-10-22(28)26-13-15-32-16-14-26/h6-8,19H,3-5,9-18H2,1-2H3. The van der Waals surface area contributed by atoms with Gasteiger partial charge >= 0.3 is 0 Å². The number of carbonyl (C=O) groups excluding carboxylic acids is 2. The first kappa shape index (κ1) is 22.9. The molecular weight excluding hydrogens is 408 g/mol. The fraction of sp³-hybridized carbons (Fsp3) is 0.680. The van der Waals surface area contributed by atoms with E-state index in [1.807, 2.05) is 28.0 Å². The number of hydrogen-bond donors (Lipinski definition) is 0. The third kappa shape index (κ3) is 4.58. The molecule has 0 bridgehead atoms. The Hall–Kier alpha value is -2.28. The Balaban J connectivity index is 1.49. The van der Waals surface area contributed by atoms with E-state index in [-0.39, 0.29) is 17.2 Å². The lowest BCUT2D eigenvalue weighted by molar-refractivity contribution is -0.135. The van der Waals surface area contributed by atoms with E-state index < -0.39 is 0 Å². The number of hydrogen-bond acceptors (Lipinski definition) is 5. The number of nitrogens with zero attached hydrogens (tertiary/aromatic N) is 2. The molecule has 3 fully saturated rings. The van der Waals surface area contributed by atoms with Crippen molar-refractivity contribution in [2.24, 2.45) is 11.3 Å². The quantitative estimate of drug-likeness (QED) is 0.673. The third-order valence-corrected chi connectivity index (χ3v) is 7.65. The van der Waals surface area contributed by atoms with Crippen LogP contribution in [0.1, 0.15) is 55.3 Å². The average Bonchev–Trinajstić information content (AvgIpc) is 3.19. The number of para-hydroxylation sites is 1. The normalized spacial score (nSPS) is 22.8. The van der Waals surface area contributed by atoms with Crippen LogP contribution in [-0.2, 0) is 9.53 Å². The van der Waals surface area contributed by atoms with Crippen LogP contribution in [0, 0.1) is 11.3 Å². The maximum atomic E-state index is 13.6. The van der Waals surface area contributed by atoms with E-state index in [1.54, 1.807) is 14.2 Å². The summed E-state index contributed by atoms with van der Waals surface area (Å²) in [6, 6.07) is 5.45. The molecule has 2 heterocycles. The van der Waals surface area contributed by atoms with Crippen molar-refractivity contribution in [3.05, 3.63) is 23.8 Å². The molecule has 1 saturated carbocycles. The van der Waals surface area contributed by atoms with Crippen LogP contribution < -0.4 is 9.47 Å². The van der Waals surface area contributed by atoms with Crippen molar-refractivity contribution < 1.29 is 23.8 Å². The molecule has 7 nitrogen and oxygen atoms in total. The number of rotatable bonds is 6. The Morgan fingerprint density at radius 1 is 1.06 bits per heavy atom. The predicted octanol–water partition coefficient (Wildman–Crippen LogP) is 3.37. The van der Waals surface area contributed by atoms with Gasteiger partial charge in [0, 0.05) is 32.6 Å². The third-order valence-electron chi connectivity index (χ3n) is 7.65. The molecule has 1 unspecified atom stereocenters. The maximum Gasteiger partial charge on any atom is 0.257 e. The van der Waals surface area contributed by atoms with Crippen molar-refractivity contribution in [1.82, 2.24) is 9.80 Å². The van der Waals surface area contributed by atoms with Gasteiger partial charge < -0.3 is 24.0 Å². The van der Waals surface area contributed by atoms with Crippen LogP contribution in [0.25, 0.3) is 0 Å². The fourth-order valence-corrected chi connectivity index (χ4v) is 5.90. The molecule has 3 aliphatic rings. The summed E-state index contributed by atoms with van der Waals surface area (Å²) in [6.45, 7) is 4.11. The van der Waals surface area contributed by atoms with Gasteiger partial charge in [0.25, 0.3) is 5.91 Å². The van der Waals surface area contributed by atoms with E-state index in [0.29, 0.717) is 62.2 Å². The Morgan fingerprint density at radius 3 is 2.50 bits per heavy atom. The van der Waals surface area contributed by atoms with E-state index in [1.165, 1.54) is 19.3 Å². The van der Waals surface area contributed by atoms with Gasteiger partial charge in [-0.15, -0.1) is 0 Å². The van der Waals surface area contributed by atoms with Crippen LogP contribution >= 0.6 is 0 Å². The highest BCUT2D eigenvalue weighted by Crippen LogP contribution is 2.50. The Bertz CT molecular complexity index is 815. The second-order valence-corrected chi connectivity index (χ2v) is 9.38. The summed E-state index contributed by atoms with van der Waals surface area (Å²) >= 11 is 0. The van der Waals surface area contributed by atoms with Gasteiger partial charge in [0.15, 0.2) is 11.5 Å². The Labute approximate surface area is 191 Å².